The predicted octanol–water partition coefficient (Wildman–Crippen LogP) is 3.83. The number of alkyl halides is 3. The van der Waals surface area contributed by atoms with Crippen molar-refractivity contribution in [3.8, 4) is 0 Å². The first-order valence-corrected chi connectivity index (χ1v) is 6.30. The minimum atomic E-state index is -4.05. The van der Waals surface area contributed by atoms with Crippen molar-refractivity contribution in [2.45, 2.75) is 12.7 Å². The molecule has 1 heterocycles. The van der Waals surface area contributed by atoms with E-state index in [1.54, 1.807) is 0 Å². The third-order valence-corrected chi connectivity index (χ3v) is 3.69. The van der Waals surface area contributed by atoms with Crippen molar-refractivity contribution in [1.82, 2.24) is 4.90 Å². The van der Waals surface area contributed by atoms with Crippen LogP contribution < -0.4 is 0 Å². The number of benzene rings is 2. The van der Waals surface area contributed by atoms with Gasteiger partial charge in [0.15, 0.2) is 0 Å². The van der Waals surface area contributed by atoms with Crippen LogP contribution in [0, 0.1) is 5.92 Å². The first-order chi connectivity index (χ1) is 9.04. The van der Waals surface area contributed by atoms with Gasteiger partial charge in [-0.2, -0.15) is 13.2 Å². The van der Waals surface area contributed by atoms with Gasteiger partial charge in [-0.15, -0.1) is 0 Å². The molecule has 3 rings (SSSR count). The lowest BCUT2D eigenvalue weighted by molar-refractivity contribution is -0.210. The van der Waals surface area contributed by atoms with Crippen LogP contribution in [-0.2, 0) is 6.54 Å². The van der Waals surface area contributed by atoms with Crippen LogP contribution in [0.15, 0.2) is 42.5 Å². The number of fused-ring (bicyclic) bond motifs is 1. The molecule has 1 aliphatic rings. The molecule has 4 heteroatoms. The van der Waals surface area contributed by atoms with Crippen LogP contribution in [0.1, 0.15) is 5.56 Å². The van der Waals surface area contributed by atoms with Crippen molar-refractivity contribution < 1.29 is 13.2 Å². The summed E-state index contributed by atoms with van der Waals surface area (Å²) >= 11 is 0. The van der Waals surface area contributed by atoms with Gasteiger partial charge in [0.05, 0.1) is 5.92 Å². The second-order valence-corrected chi connectivity index (χ2v) is 5.07. The monoisotopic (exact) mass is 265 g/mol. The average Bonchev–Trinajstić information content (AvgIpc) is 2.32. The second-order valence-electron chi connectivity index (χ2n) is 5.07. The lowest BCUT2D eigenvalue weighted by Crippen LogP contribution is -2.52. The van der Waals surface area contributed by atoms with Crippen molar-refractivity contribution in [3.05, 3.63) is 48.0 Å². The summed E-state index contributed by atoms with van der Waals surface area (Å²) in [5.41, 5.74) is 1.10. The Morgan fingerprint density at radius 2 is 1.68 bits per heavy atom. The molecule has 2 aromatic rings. The fourth-order valence-corrected chi connectivity index (χ4v) is 2.58. The zero-order valence-corrected chi connectivity index (χ0v) is 10.3. The highest BCUT2D eigenvalue weighted by Crippen LogP contribution is 2.34. The quantitative estimate of drug-likeness (QED) is 0.797. The Bertz CT molecular complexity index is 580. The molecule has 0 bridgehead atoms. The maximum absolute atomic E-state index is 12.4. The van der Waals surface area contributed by atoms with E-state index in [1.165, 1.54) is 0 Å². The van der Waals surface area contributed by atoms with Crippen molar-refractivity contribution in [2.75, 3.05) is 13.1 Å². The summed E-state index contributed by atoms with van der Waals surface area (Å²) in [6, 6.07) is 13.9. The van der Waals surface area contributed by atoms with Crippen LogP contribution in [0.25, 0.3) is 10.8 Å². The lowest BCUT2D eigenvalue weighted by Gasteiger charge is -2.40. The highest BCUT2D eigenvalue weighted by molar-refractivity contribution is 5.85. The van der Waals surface area contributed by atoms with Crippen molar-refractivity contribution in [1.29, 1.82) is 0 Å². The minimum absolute atomic E-state index is 0.118. The Labute approximate surface area is 109 Å². The number of hydrogen-bond acceptors (Lipinski definition) is 1. The van der Waals surface area contributed by atoms with Crippen LogP contribution >= 0.6 is 0 Å². The average molecular weight is 265 g/mol. The summed E-state index contributed by atoms with van der Waals surface area (Å²) in [5, 5.41) is 2.26. The molecule has 0 aromatic heterocycles. The summed E-state index contributed by atoms with van der Waals surface area (Å²) < 4.78 is 37.3. The van der Waals surface area contributed by atoms with Crippen LogP contribution in [0.2, 0.25) is 0 Å². The molecule has 0 N–H and O–H groups in total. The number of rotatable bonds is 2. The Morgan fingerprint density at radius 3 is 2.42 bits per heavy atom. The highest BCUT2D eigenvalue weighted by Gasteiger charge is 2.46. The van der Waals surface area contributed by atoms with E-state index in [0.717, 1.165) is 16.3 Å². The molecule has 2 aromatic carbocycles. The summed E-state index contributed by atoms with van der Waals surface area (Å²) in [6.45, 7) is 0.827. The summed E-state index contributed by atoms with van der Waals surface area (Å²) in [4.78, 5) is 1.85. The van der Waals surface area contributed by atoms with Gasteiger partial charge in [-0.05, 0) is 16.3 Å². The van der Waals surface area contributed by atoms with Gasteiger partial charge in [0.25, 0.3) is 0 Å². The molecule has 1 saturated heterocycles. The van der Waals surface area contributed by atoms with E-state index in [9.17, 15) is 13.2 Å². The molecular weight excluding hydrogens is 251 g/mol. The van der Waals surface area contributed by atoms with E-state index in [2.05, 4.69) is 0 Å². The van der Waals surface area contributed by atoms with Gasteiger partial charge in [-0.1, -0.05) is 42.5 Å². The first kappa shape index (κ1) is 12.5. The Morgan fingerprint density at radius 1 is 1.00 bits per heavy atom. The third-order valence-electron chi connectivity index (χ3n) is 3.69. The van der Waals surface area contributed by atoms with Gasteiger partial charge < -0.3 is 0 Å². The van der Waals surface area contributed by atoms with Crippen LogP contribution in [0.3, 0.4) is 0 Å². The molecular formula is C15H14F3N. The topological polar surface area (TPSA) is 3.24 Å². The second kappa shape index (κ2) is 4.53. The lowest BCUT2D eigenvalue weighted by atomic mass is 9.97. The van der Waals surface area contributed by atoms with Crippen LogP contribution in [0.5, 0.6) is 0 Å². The van der Waals surface area contributed by atoms with E-state index >= 15 is 0 Å². The van der Waals surface area contributed by atoms with Crippen molar-refractivity contribution in [2.24, 2.45) is 5.92 Å². The van der Waals surface area contributed by atoms with Gasteiger partial charge in [-0.3, -0.25) is 4.90 Å². The largest absolute Gasteiger partial charge is 0.394 e. The van der Waals surface area contributed by atoms with Gasteiger partial charge in [-0.25, -0.2) is 0 Å². The van der Waals surface area contributed by atoms with Crippen LogP contribution in [0.4, 0.5) is 13.2 Å². The summed E-state index contributed by atoms with van der Waals surface area (Å²) in [6.07, 6.45) is -4.05. The molecule has 1 nitrogen and oxygen atoms in total. The SMILES string of the molecule is FC(F)(F)C1CN(Cc2cccc3ccccc23)C1. The number of nitrogens with zero attached hydrogens (tertiary/aromatic N) is 1. The molecule has 0 saturated carbocycles. The Kier molecular flexibility index (Phi) is 2.97. The zero-order valence-electron chi connectivity index (χ0n) is 10.3. The zero-order chi connectivity index (χ0) is 13.5. The molecule has 0 radical (unpaired) electrons. The maximum atomic E-state index is 12.4. The van der Waals surface area contributed by atoms with E-state index in [-0.39, 0.29) is 13.1 Å². The molecule has 100 valence electrons. The number of halogens is 3. The normalized spacial score (nSPS) is 17.6. The van der Waals surface area contributed by atoms with Gasteiger partial charge in [0, 0.05) is 19.6 Å². The Hall–Kier alpha value is -1.55. The smallest absolute Gasteiger partial charge is 0.298 e. The van der Waals surface area contributed by atoms with Crippen molar-refractivity contribution in [3.63, 3.8) is 0 Å². The molecule has 19 heavy (non-hydrogen) atoms. The minimum Gasteiger partial charge on any atom is -0.298 e. The molecule has 0 atom stereocenters. The standard InChI is InChI=1S/C15H14F3N/c16-15(17,18)13-9-19(10-13)8-12-6-3-5-11-4-1-2-7-14(11)12/h1-7,13H,8-10H2. The Balaban J connectivity index is 1.74. The van der Waals surface area contributed by atoms with E-state index in [1.807, 2.05) is 47.4 Å². The maximum Gasteiger partial charge on any atom is 0.394 e. The number of likely N-dealkylation sites (tertiary alicyclic amines) is 1. The third kappa shape index (κ3) is 2.45. The molecule has 0 aliphatic carbocycles. The molecule has 0 spiro atoms. The van der Waals surface area contributed by atoms with Gasteiger partial charge in [0.2, 0.25) is 0 Å². The van der Waals surface area contributed by atoms with Crippen molar-refractivity contribution >= 4 is 10.8 Å². The predicted molar refractivity (Wildman–Crippen MR) is 68.8 cm³/mol. The highest BCUT2D eigenvalue weighted by atomic mass is 19.4. The van der Waals surface area contributed by atoms with E-state index in [0.29, 0.717) is 6.54 Å². The van der Waals surface area contributed by atoms with E-state index < -0.39 is 12.1 Å². The van der Waals surface area contributed by atoms with Crippen LogP contribution in [-0.4, -0.2) is 24.2 Å². The summed E-state index contributed by atoms with van der Waals surface area (Å²) in [5.74, 6) is -1.15. The van der Waals surface area contributed by atoms with Gasteiger partial charge in [0.1, 0.15) is 0 Å². The van der Waals surface area contributed by atoms with Gasteiger partial charge >= 0.3 is 6.18 Å². The molecule has 1 aliphatic heterocycles. The fraction of sp³-hybridized carbons (Fsp3) is 0.333. The molecule has 0 unspecified atom stereocenters. The fourth-order valence-electron chi connectivity index (χ4n) is 2.58. The molecule has 0 amide bonds. The summed E-state index contributed by atoms with van der Waals surface area (Å²) in [7, 11) is 0. The van der Waals surface area contributed by atoms with E-state index in [4.69, 9.17) is 0 Å². The molecule has 1 fully saturated rings. The number of hydrogen-bond donors (Lipinski definition) is 0. The first-order valence-electron chi connectivity index (χ1n) is 6.30.